The fourth-order valence-electron chi connectivity index (χ4n) is 2.82. The fraction of sp³-hybridized carbons (Fsp3) is 0.867. The molecule has 0 radical (unpaired) electrons. The molecule has 1 aliphatic rings. The van der Waals surface area contributed by atoms with Crippen LogP contribution >= 0.6 is 0 Å². The maximum Gasteiger partial charge on any atom is 0.225 e. The lowest BCUT2D eigenvalue weighted by Crippen LogP contribution is -2.47. The first-order chi connectivity index (χ1) is 8.96. The van der Waals surface area contributed by atoms with Gasteiger partial charge in [-0.25, -0.2) is 0 Å². The van der Waals surface area contributed by atoms with E-state index in [-0.39, 0.29) is 17.4 Å². The van der Waals surface area contributed by atoms with Gasteiger partial charge in [0.25, 0.3) is 0 Å². The monoisotopic (exact) mass is 265 g/mol. The lowest BCUT2D eigenvalue weighted by Gasteiger charge is -2.39. The van der Waals surface area contributed by atoms with E-state index in [0.717, 1.165) is 45.1 Å². The molecule has 0 bridgehead atoms. The van der Waals surface area contributed by atoms with Crippen molar-refractivity contribution in [1.82, 2.24) is 9.80 Å². The number of nitriles is 1. The SMILES string of the molecule is CCCCN(C)C(=O)C1CCC(C#N)(N(C)C)CC1. The summed E-state index contributed by atoms with van der Waals surface area (Å²) in [5, 5.41) is 9.38. The number of amides is 1. The Balaban J connectivity index is 2.54. The summed E-state index contributed by atoms with van der Waals surface area (Å²) in [6.07, 6.45) is 5.44. The minimum Gasteiger partial charge on any atom is -0.346 e. The summed E-state index contributed by atoms with van der Waals surface area (Å²) in [5.41, 5.74) is -0.362. The molecule has 1 amide bonds. The topological polar surface area (TPSA) is 47.3 Å². The Morgan fingerprint density at radius 2 is 1.89 bits per heavy atom. The zero-order valence-electron chi connectivity index (χ0n) is 12.8. The number of hydrogen-bond donors (Lipinski definition) is 0. The van der Waals surface area contributed by atoms with Crippen LogP contribution in [0.2, 0.25) is 0 Å². The third kappa shape index (κ3) is 3.70. The summed E-state index contributed by atoms with van der Waals surface area (Å²) < 4.78 is 0. The largest absolute Gasteiger partial charge is 0.346 e. The average Bonchev–Trinajstić information content (AvgIpc) is 2.43. The molecular weight excluding hydrogens is 238 g/mol. The van der Waals surface area contributed by atoms with Crippen LogP contribution in [0.4, 0.5) is 0 Å². The molecule has 0 aromatic carbocycles. The van der Waals surface area contributed by atoms with Crippen LogP contribution in [0.5, 0.6) is 0 Å². The Bertz CT molecular complexity index is 338. The molecular formula is C15H27N3O. The smallest absolute Gasteiger partial charge is 0.225 e. The maximum atomic E-state index is 12.3. The van der Waals surface area contributed by atoms with Crippen LogP contribution in [0.1, 0.15) is 45.4 Å². The van der Waals surface area contributed by atoms with Gasteiger partial charge in [0, 0.05) is 19.5 Å². The van der Waals surface area contributed by atoms with Crippen molar-refractivity contribution in [2.45, 2.75) is 51.0 Å². The van der Waals surface area contributed by atoms with E-state index in [4.69, 9.17) is 0 Å². The molecule has 1 fully saturated rings. The van der Waals surface area contributed by atoms with E-state index in [2.05, 4.69) is 13.0 Å². The van der Waals surface area contributed by atoms with Crippen molar-refractivity contribution in [3.63, 3.8) is 0 Å². The zero-order chi connectivity index (χ0) is 14.5. The summed E-state index contributed by atoms with van der Waals surface area (Å²) >= 11 is 0. The molecule has 0 atom stereocenters. The van der Waals surface area contributed by atoms with Gasteiger partial charge in [-0.2, -0.15) is 5.26 Å². The van der Waals surface area contributed by atoms with Crippen molar-refractivity contribution in [2.75, 3.05) is 27.7 Å². The third-order valence-corrected chi connectivity index (χ3v) is 4.45. The minimum absolute atomic E-state index is 0.114. The van der Waals surface area contributed by atoms with Gasteiger partial charge in [-0.3, -0.25) is 9.69 Å². The molecule has 1 rings (SSSR count). The summed E-state index contributed by atoms with van der Waals surface area (Å²) in [7, 11) is 5.81. The lowest BCUT2D eigenvalue weighted by molar-refractivity contribution is -0.135. The maximum absolute atomic E-state index is 12.3. The lowest BCUT2D eigenvalue weighted by atomic mass is 9.76. The second kappa shape index (κ2) is 6.91. The van der Waals surface area contributed by atoms with Gasteiger partial charge in [0.15, 0.2) is 0 Å². The Kier molecular flexibility index (Phi) is 5.81. The number of carbonyl (C=O) groups excluding carboxylic acids is 1. The van der Waals surface area contributed by atoms with Crippen LogP contribution in [0.25, 0.3) is 0 Å². The van der Waals surface area contributed by atoms with Crippen LogP contribution < -0.4 is 0 Å². The molecule has 4 nitrogen and oxygen atoms in total. The van der Waals surface area contributed by atoms with E-state index in [1.54, 1.807) is 0 Å². The van der Waals surface area contributed by atoms with Gasteiger partial charge in [-0.1, -0.05) is 13.3 Å². The van der Waals surface area contributed by atoms with E-state index >= 15 is 0 Å². The molecule has 0 spiro atoms. The van der Waals surface area contributed by atoms with Gasteiger partial charge >= 0.3 is 0 Å². The first-order valence-electron chi connectivity index (χ1n) is 7.30. The summed E-state index contributed by atoms with van der Waals surface area (Å²) in [4.78, 5) is 16.2. The molecule has 4 heteroatoms. The van der Waals surface area contributed by atoms with E-state index in [1.807, 2.05) is 30.9 Å². The molecule has 0 N–H and O–H groups in total. The second-order valence-corrected chi connectivity index (χ2v) is 5.93. The highest BCUT2D eigenvalue weighted by atomic mass is 16.2. The first-order valence-corrected chi connectivity index (χ1v) is 7.30. The molecule has 1 saturated carbocycles. The third-order valence-electron chi connectivity index (χ3n) is 4.45. The quantitative estimate of drug-likeness (QED) is 0.766. The van der Waals surface area contributed by atoms with Crippen LogP contribution in [0.15, 0.2) is 0 Å². The average molecular weight is 265 g/mol. The Labute approximate surface area is 117 Å². The minimum atomic E-state index is -0.362. The molecule has 0 aromatic rings. The van der Waals surface area contributed by atoms with Crippen LogP contribution in [-0.4, -0.2) is 48.9 Å². The van der Waals surface area contributed by atoms with Crippen LogP contribution in [0.3, 0.4) is 0 Å². The standard InChI is InChI=1S/C15H27N3O/c1-5-6-11-18(4)14(19)13-7-9-15(12-16,10-8-13)17(2)3/h13H,5-11H2,1-4H3. The van der Waals surface area contributed by atoms with Gasteiger partial charge in [0.1, 0.15) is 5.54 Å². The first kappa shape index (κ1) is 16.0. The van der Waals surface area contributed by atoms with E-state index < -0.39 is 0 Å². The van der Waals surface area contributed by atoms with Crippen molar-refractivity contribution in [3.8, 4) is 6.07 Å². The highest BCUT2D eigenvalue weighted by Crippen LogP contribution is 2.35. The molecule has 19 heavy (non-hydrogen) atoms. The summed E-state index contributed by atoms with van der Waals surface area (Å²) in [6, 6.07) is 2.44. The highest BCUT2D eigenvalue weighted by Gasteiger charge is 2.39. The van der Waals surface area contributed by atoms with Crippen molar-refractivity contribution in [1.29, 1.82) is 5.26 Å². The van der Waals surface area contributed by atoms with Crippen LogP contribution in [-0.2, 0) is 4.79 Å². The molecule has 108 valence electrons. The van der Waals surface area contributed by atoms with E-state index in [9.17, 15) is 10.1 Å². The molecule has 0 aromatic heterocycles. The molecule has 0 saturated heterocycles. The van der Waals surface area contributed by atoms with Gasteiger partial charge < -0.3 is 4.90 Å². The number of unbranched alkanes of at least 4 members (excludes halogenated alkanes) is 1. The van der Waals surface area contributed by atoms with Gasteiger partial charge in [-0.15, -0.1) is 0 Å². The van der Waals surface area contributed by atoms with Crippen molar-refractivity contribution in [3.05, 3.63) is 0 Å². The predicted octanol–water partition coefficient (Wildman–Crippen LogP) is 2.26. The van der Waals surface area contributed by atoms with Gasteiger partial charge in [-0.05, 0) is 46.2 Å². The fourth-order valence-corrected chi connectivity index (χ4v) is 2.82. The normalized spacial score (nSPS) is 27.1. The van der Waals surface area contributed by atoms with Gasteiger partial charge in [0.2, 0.25) is 5.91 Å². The van der Waals surface area contributed by atoms with Crippen LogP contribution in [0, 0.1) is 17.2 Å². The van der Waals surface area contributed by atoms with Crippen molar-refractivity contribution in [2.24, 2.45) is 5.92 Å². The Morgan fingerprint density at radius 3 is 2.32 bits per heavy atom. The van der Waals surface area contributed by atoms with E-state index in [1.165, 1.54) is 0 Å². The Morgan fingerprint density at radius 1 is 1.32 bits per heavy atom. The molecule has 0 unspecified atom stereocenters. The number of carbonyl (C=O) groups is 1. The number of nitrogens with zero attached hydrogens (tertiary/aromatic N) is 3. The second-order valence-electron chi connectivity index (χ2n) is 5.93. The number of rotatable bonds is 5. The summed E-state index contributed by atoms with van der Waals surface area (Å²) in [6.45, 7) is 2.99. The van der Waals surface area contributed by atoms with Gasteiger partial charge in [0.05, 0.1) is 6.07 Å². The van der Waals surface area contributed by atoms with Crippen molar-refractivity contribution < 1.29 is 4.79 Å². The van der Waals surface area contributed by atoms with E-state index in [0.29, 0.717) is 0 Å². The molecule has 1 aliphatic carbocycles. The zero-order valence-corrected chi connectivity index (χ0v) is 12.8. The Hall–Kier alpha value is -1.08. The van der Waals surface area contributed by atoms with Crippen molar-refractivity contribution >= 4 is 5.91 Å². The molecule has 0 heterocycles. The molecule has 0 aliphatic heterocycles. The predicted molar refractivity (Wildman–Crippen MR) is 76.5 cm³/mol. The highest BCUT2D eigenvalue weighted by molar-refractivity contribution is 5.78. The number of hydrogen-bond acceptors (Lipinski definition) is 3. The summed E-state index contributed by atoms with van der Waals surface area (Å²) in [5.74, 6) is 0.377.